The number of para-hydroxylation sites is 1. The molecule has 4 rings (SSSR count). The number of nitrogen functional groups attached to an aromatic ring is 1. The van der Waals surface area contributed by atoms with Gasteiger partial charge in [-0.25, -0.2) is 9.37 Å². The predicted molar refractivity (Wildman–Crippen MR) is 102 cm³/mol. The number of fused-ring (bicyclic) bond motifs is 1. The van der Waals surface area contributed by atoms with Crippen LogP contribution in [0.15, 0.2) is 48.5 Å². The minimum Gasteiger partial charge on any atom is -0.368 e. The fourth-order valence-corrected chi connectivity index (χ4v) is 3.03. The second kappa shape index (κ2) is 7.16. The van der Waals surface area contributed by atoms with Crippen LogP contribution in [-0.4, -0.2) is 31.0 Å². The van der Waals surface area contributed by atoms with Gasteiger partial charge in [-0.2, -0.15) is 15.0 Å². The Balaban J connectivity index is 1.65. The summed E-state index contributed by atoms with van der Waals surface area (Å²) < 4.78 is 15.7. The van der Waals surface area contributed by atoms with E-state index in [4.69, 9.17) is 17.3 Å². The number of benzene rings is 2. The second-order valence-electron chi connectivity index (χ2n) is 5.80. The zero-order chi connectivity index (χ0) is 18.8. The highest BCUT2D eigenvalue weighted by Gasteiger charge is 2.13. The van der Waals surface area contributed by atoms with Crippen molar-refractivity contribution in [3.05, 3.63) is 65.5 Å². The molecule has 0 bridgehead atoms. The molecule has 2 aromatic heterocycles. The Morgan fingerprint density at radius 2 is 1.85 bits per heavy atom. The van der Waals surface area contributed by atoms with Gasteiger partial charge >= 0.3 is 0 Å². The van der Waals surface area contributed by atoms with E-state index in [-0.39, 0.29) is 17.0 Å². The quantitative estimate of drug-likeness (QED) is 0.549. The zero-order valence-corrected chi connectivity index (χ0v) is 14.9. The van der Waals surface area contributed by atoms with Crippen LogP contribution >= 0.6 is 11.6 Å². The van der Waals surface area contributed by atoms with Gasteiger partial charge in [0.15, 0.2) is 0 Å². The van der Waals surface area contributed by atoms with Gasteiger partial charge in [-0.15, -0.1) is 0 Å². The third-order valence-electron chi connectivity index (χ3n) is 3.96. The van der Waals surface area contributed by atoms with E-state index in [1.807, 2.05) is 34.9 Å². The van der Waals surface area contributed by atoms with Crippen molar-refractivity contribution in [1.82, 2.24) is 24.5 Å². The van der Waals surface area contributed by atoms with Crippen LogP contribution in [0.5, 0.6) is 0 Å². The fraction of sp³-hybridized carbons (Fsp3) is 0.111. The van der Waals surface area contributed by atoms with Crippen molar-refractivity contribution in [3.8, 4) is 5.69 Å². The van der Waals surface area contributed by atoms with Crippen molar-refractivity contribution in [2.75, 3.05) is 17.6 Å². The molecule has 2 heterocycles. The molecule has 27 heavy (non-hydrogen) atoms. The minimum absolute atomic E-state index is 0.0250. The van der Waals surface area contributed by atoms with Crippen molar-refractivity contribution in [3.63, 3.8) is 0 Å². The summed E-state index contributed by atoms with van der Waals surface area (Å²) >= 11 is 5.79. The van der Waals surface area contributed by atoms with E-state index in [0.717, 1.165) is 17.0 Å². The number of halogens is 2. The number of nitrogens with zero attached hydrogens (tertiary/aromatic N) is 5. The maximum Gasteiger partial charge on any atom is 0.228 e. The average molecular weight is 384 g/mol. The number of nitrogens with one attached hydrogen (secondary N) is 1. The summed E-state index contributed by atoms with van der Waals surface area (Å²) in [5.41, 5.74) is 7.92. The smallest absolute Gasteiger partial charge is 0.228 e. The molecule has 0 saturated heterocycles. The van der Waals surface area contributed by atoms with Gasteiger partial charge in [0.1, 0.15) is 11.6 Å². The molecule has 3 N–H and O–H groups in total. The van der Waals surface area contributed by atoms with Crippen LogP contribution in [0.2, 0.25) is 5.28 Å². The first-order valence-electron chi connectivity index (χ1n) is 8.23. The highest BCUT2D eigenvalue weighted by atomic mass is 35.5. The predicted octanol–water partition coefficient (Wildman–Crippen LogP) is 3.24. The summed E-state index contributed by atoms with van der Waals surface area (Å²) in [6.45, 7) is 0.485. The summed E-state index contributed by atoms with van der Waals surface area (Å²) in [7, 11) is 0. The number of aromatic nitrogens is 5. The Kier molecular flexibility index (Phi) is 4.55. The lowest BCUT2D eigenvalue weighted by Crippen LogP contribution is -2.12. The highest BCUT2D eigenvalue weighted by molar-refractivity contribution is 6.28. The molecule has 0 radical (unpaired) electrons. The van der Waals surface area contributed by atoms with Crippen LogP contribution in [0.4, 0.5) is 16.3 Å². The van der Waals surface area contributed by atoms with E-state index in [9.17, 15) is 4.39 Å². The lowest BCUT2D eigenvalue weighted by atomic mass is 10.2. The molecule has 0 aliphatic carbocycles. The molecule has 2 aromatic carbocycles. The molecule has 4 aromatic rings. The second-order valence-corrected chi connectivity index (χ2v) is 6.13. The normalized spacial score (nSPS) is 11.0. The van der Waals surface area contributed by atoms with Crippen LogP contribution in [0.3, 0.4) is 0 Å². The standard InChI is InChI=1S/C18H15ClFN7/c19-16-24-17(21)26-18(25-16)22-9-8-15-23-13-7-6-11(20)10-14(13)27(15)12-4-2-1-3-5-12/h1-7,10H,8-9H2,(H3,21,22,24,25,26). The molecular weight excluding hydrogens is 369 g/mol. The number of hydrogen-bond acceptors (Lipinski definition) is 6. The van der Waals surface area contributed by atoms with E-state index in [2.05, 4.69) is 25.3 Å². The van der Waals surface area contributed by atoms with Gasteiger partial charge in [-0.1, -0.05) is 18.2 Å². The summed E-state index contributed by atoms with van der Waals surface area (Å²) in [6.07, 6.45) is 0.550. The SMILES string of the molecule is Nc1nc(Cl)nc(NCCc2nc3ccc(F)cc3n2-c2ccccc2)n1. The van der Waals surface area contributed by atoms with Gasteiger partial charge in [0, 0.05) is 24.7 Å². The largest absolute Gasteiger partial charge is 0.368 e. The van der Waals surface area contributed by atoms with Crippen LogP contribution in [-0.2, 0) is 6.42 Å². The first-order chi connectivity index (χ1) is 13.1. The summed E-state index contributed by atoms with van der Waals surface area (Å²) in [4.78, 5) is 16.3. The van der Waals surface area contributed by atoms with Gasteiger partial charge in [0.25, 0.3) is 0 Å². The molecule has 0 amide bonds. The third-order valence-corrected chi connectivity index (χ3v) is 4.13. The number of imidazole rings is 1. The highest BCUT2D eigenvalue weighted by Crippen LogP contribution is 2.23. The van der Waals surface area contributed by atoms with E-state index in [1.54, 1.807) is 6.07 Å². The molecule has 7 nitrogen and oxygen atoms in total. The van der Waals surface area contributed by atoms with Crippen LogP contribution in [0.1, 0.15) is 5.82 Å². The van der Waals surface area contributed by atoms with Crippen molar-refractivity contribution in [2.24, 2.45) is 0 Å². The lowest BCUT2D eigenvalue weighted by molar-refractivity contribution is 0.629. The Labute approximate surface area is 159 Å². The van der Waals surface area contributed by atoms with E-state index in [1.165, 1.54) is 12.1 Å². The van der Waals surface area contributed by atoms with E-state index < -0.39 is 0 Å². The topological polar surface area (TPSA) is 94.5 Å². The van der Waals surface area contributed by atoms with Gasteiger partial charge in [0.05, 0.1) is 11.0 Å². The van der Waals surface area contributed by atoms with Gasteiger partial charge in [-0.05, 0) is 35.9 Å². The molecule has 0 fully saturated rings. The zero-order valence-electron chi connectivity index (χ0n) is 14.1. The maximum absolute atomic E-state index is 13.8. The molecule has 136 valence electrons. The first kappa shape index (κ1) is 17.2. The number of nitrogens with two attached hydrogens (primary N) is 1. The monoisotopic (exact) mass is 383 g/mol. The van der Waals surface area contributed by atoms with Crippen LogP contribution in [0, 0.1) is 5.82 Å². The van der Waals surface area contributed by atoms with Crippen molar-refractivity contribution in [1.29, 1.82) is 0 Å². The minimum atomic E-state index is -0.306. The number of rotatable bonds is 5. The first-order valence-corrected chi connectivity index (χ1v) is 8.61. The Morgan fingerprint density at radius 3 is 2.63 bits per heavy atom. The molecule has 9 heteroatoms. The maximum atomic E-state index is 13.8. The van der Waals surface area contributed by atoms with Crippen LogP contribution in [0.25, 0.3) is 16.7 Å². The fourth-order valence-electron chi connectivity index (χ4n) is 2.86. The molecule has 0 spiro atoms. The molecule has 0 saturated carbocycles. The summed E-state index contributed by atoms with van der Waals surface area (Å²) in [5.74, 6) is 0.812. The average Bonchev–Trinajstić information content (AvgIpc) is 2.99. The Morgan fingerprint density at radius 1 is 1.04 bits per heavy atom. The molecule has 0 aliphatic rings. The van der Waals surface area contributed by atoms with Gasteiger partial charge in [-0.3, -0.25) is 4.57 Å². The van der Waals surface area contributed by atoms with Gasteiger partial charge in [0.2, 0.25) is 17.2 Å². The number of anilines is 2. The van der Waals surface area contributed by atoms with Gasteiger partial charge < -0.3 is 11.1 Å². The third kappa shape index (κ3) is 3.65. The van der Waals surface area contributed by atoms with Crippen LogP contribution < -0.4 is 11.1 Å². The molecular formula is C18H15ClFN7. The number of hydrogen-bond donors (Lipinski definition) is 2. The lowest BCUT2D eigenvalue weighted by Gasteiger charge is -2.10. The molecule has 0 aliphatic heterocycles. The Hall–Kier alpha value is -3.26. The summed E-state index contributed by atoms with van der Waals surface area (Å²) in [6, 6.07) is 14.3. The van der Waals surface area contributed by atoms with Crippen molar-refractivity contribution >= 4 is 34.5 Å². The summed E-state index contributed by atoms with van der Waals surface area (Å²) in [5, 5.41) is 3.08. The van der Waals surface area contributed by atoms with Crippen molar-refractivity contribution in [2.45, 2.75) is 6.42 Å². The molecule has 0 unspecified atom stereocenters. The van der Waals surface area contributed by atoms with Crippen molar-refractivity contribution < 1.29 is 4.39 Å². The van der Waals surface area contributed by atoms with E-state index in [0.29, 0.717) is 24.4 Å². The molecule has 0 atom stereocenters. The van der Waals surface area contributed by atoms with E-state index >= 15 is 0 Å². The Bertz CT molecular complexity index is 1080.